The highest BCUT2D eigenvalue weighted by molar-refractivity contribution is 5.33. The van der Waals surface area contributed by atoms with Gasteiger partial charge < -0.3 is 14.6 Å². The molecule has 2 aliphatic carbocycles. The number of para-hydroxylation sites is 1. The molecule has 2 aromatic rings. The minimum Gasteiger partial charge on any atom is -0.485 e. The van der Waals surface area contributed by atoms with E-state index < -0.39 is 0 Å². The van der Waals surface area contributed by atoms with Gasteiger partial charge in [-0.15, -0.1) is 0 Å². The van der Waals surface area contributed by atoms with E-state index in [9.17, 15) is 0 Å². The molecule has 2 fully saturated rings. The van der Waals surface area contributed by atoms with E-state index in [0.717, 1.165) is 31.0 Å². The second-order valence-corrected chi connectivity index (χ2v) is 5.87. The molecule has 0 atom stereocenters. The Morgan fingerprint density at radius 1 is 1.19 bits per heavy atom. The Bertz CT molecular complexity index is 617. The lowest BCUT2D eigenvalue weighted by Gasteiger charge is -2.10. The van der Waals surface area contributed by atoms with Crippen molar-refractivity contribution in [1.82, 2.24) is 15.5 Å². The van der Waals surface area contributed by atoms with E-state index in [4.69, 9.17) is 9.26 Å². The smallest absolute Gasteiger partial charge is 0.229 e. The molecule has 1 aromatic heterocycles. The largest absolute Gasteiger partial charge is 0.485 e. The fraction of sp³-hybridized carbons (Fsp3) is 0.500. The summed E-state index contributed by atoms with van der Waals surface area (Å²) in [5.74, 6) is 2.77. The summed E-state index contributed by atoms with van der Waals surface area (Å²) in [4.78, 5) is 4.38. The molecule has 2 saturated carbocycles. The summed E-state index contributed by atoms with van der Waals surface area (Å²) in [6.07, 6.45) is 4.90. The average molecular weight is 285 g/mol. The molecule has 0 radical (unpaired) electrons. The van der Waals surface area contributed by atoms with Crippen LogP contribution in [0.25, 0.3) is 0 Å². The minimum atomic E-state index is 0.358. The second-order valence-electron chi connectivity index (χ2n) is 5.87. The highest BCUT2D eigenvalue weighted by Gasteiger charge is 2.29. The van der Waals surface area contributed by atoms with Gasteiger partial charge in [0.2, 0.25) is 11.7 Å². The Labute approximate surface area is 123 Å². The van der Waals surface area contributed by atoms with Gasteiger partial charge in [0.25, 0.3) is 0 Å². The molecule has 0 aliphatic heterocycles. The molecule has 1 N–H and O–H groups in total. The van der Waals surface area contributed by atoms with Crippen molar-refractivity contribution < 1.29 is 9.26 Å². The molecule has 0 amide bonds. The first kappa shape index (κ1) is 12.8. The number of nitrogens with zero attached hydrogens (tertiary/aromatic N) is 2. The highest BCUT2D eigenvalue weighted by Crippen LogP contribution is 2.38. The fourth-order valence-corrected chi connectivity index (χ4v) is 2.30. The van der Waals surface area contributed by atoms with Gasteiger partial charge >= 0.3 is 0 Å². The van der Waals surface area contributed by atoms with Gasteiger partial charge in [0.05, 0.1) is 0 Å². The van der Waals surface area contributed by atoms with E-state index in [2.05, 4.69) is 21.5 Å². The SMILES string of the molecule is c1ccc(OCc2noc(C3CC3)n2)c(CNC2CC2)c1. The van der Waals surface area contributed by atoms with Gasteiger partial charge in [-0.25, -0.2) is 0 Å². The maximum atomic E-state index is 5.86. The van der Waals surface area contributed by atoms with Crippen molar-refractivity contribution in [3.8, 4) is 5.75 Å². The van der Waals surface area contributed by atoms with Crippen LogP contribution in [0.2, 0.25) is 0 Å². The molecule has 0 unspecified atom stereocenters. The molecule has 5 nitrogen and oxygen atoms in total. The molecule has 4 rings (SSSR count). The Morgan fingerprint density at radius 2 is 2.05 bits per heavy atom. The van der Waals surface area contributed by atoms with Crippen molar-refractivity contribution in [1.29, 1.82) is 0 Å². The van der Waals surface area contributed by atoms with Crippen molar-refractivity contribution in [2.75, 3.05) is 0 Å². The summed E-state index contributed by atoms with van der Waals surface area (Å²) in [5.41, 5.74) is 1.18. The van der Waals surface area contributed by atoms with Gasteiger partial charge in [-0.1, -0.05) is 23.4 Å². The van der Waals surface area contributed by atoms with Gasteiger partial charge in [-0.3, -0.25) is 0 Å². The van der Waals surface area contributed by atoms with Crippen molar-refractivity contribution in [2.24, 2.45) is 0 Å². The van der Waals surface area contributed by atoms with E-state index in [1.807, 2.05) is 18.2 Å². The van der Waals surface area contributed by atoms with Crippen LogP contribution in [0.3, 0.4) is 0 Å². The molecule has 0 bridgehead atoms. The molecule has 0 saturated heterocycles. The summed E-state index contributed by atoms with van der Waals surface area (Å²) in [6.45, 7) is 1.21. The zero-order valence-electron chi connectivity index (χ0n) is 11.9. The lowest BCUT2D eigenvalue weighted by atomic mass is 10.2. The first-order valence-corrected chi connectivity index (χ1v) is 7.65. The van der Waals surface area contributed by atoms with E-state index in [1.54, 1.807) is 0 Å². The highest BCUT2D eigenvalue weighted by atomic mass is 16.5. The van der Waals surface area contributed by atoms with Gasteiger partial charge in [0, 0.05) is 24.1 Å². The van der Waals surface area contributed by atoms with Crippen LogP contribution in [-0.4, -0.2) is 16.2 Å². The van der Waals surface area contributed by atoms with Gasteiger partial charge in [0.15, 0.2) is 6.61 Å². The predicted molar refractivity (Wildman–Crippen MR) is 76.9 cm³/mol. The summed E-state index contributed by atoms with van der Waals surface area (Å²) in [6, 6.07) is 8.80. The van der Waals surface area contributed by atoms with Crippen molar-refractivity contribution >= 4 is 0 Å². The standard InChI is InChI=1S/C16H19N3O2/c1-2-4-14(12(3-1)9-17-13-7-8-13)20-10-15-18-16(21-19-15)11-5-6-11/h1-4,11,13,17H,5-10H2. The maximum absolute atomic E-state index is 5.86. The third-order valence-corrected chi connectivity index (χ3v) is 3.90. The normalized spacial score (nSPS) is 17.9. The quantitative estimate of drug-likeness (QED) is 0.847. The minimum absolute atomic E-state index is 0.358. The van der Waals surface area contributed by atoms with Gasteiger partial charge in [-0.2, -0.15) is 4.98 Å². The van der Waals surface area contributed by atoms with Crippen LogP contribution in [-0.2, 0) is 13.2 Å². The molecule has 21 heavy (non-hydrogen) atoms. The van der Waals surface area contributed by atoms with Crippen LogP contribution in [0.5, 0.6) is 5.75 Å². The summed E-state index contributed by atoms with van der Waals surface area (Å²) in [5, 5.41) is 7.49. The van der Waals surface area contributed by atoms with Crippen LogP contribution in [0.1, 0.15) is 48.9 Å². The number of ether oxygens (including phenoxy) is 1. The Hall–Kier alpha value is -1.88. The predicted octanol–water partition coefficient (Wildman–Crippen LogP) is 2.78. The van der Waals surface area contributed by atoms with E-state index >= 15 is 0 Å². The van der Waals surface area contributed by atoms with Crippen LogP contribution in [0.4, 0.5) is 0 Å². The van der Waals surface area contributed by atoms with E-state index in [0.29, 0.717) is 24.4 Å². The zero-order valence-corrected chi connectivity index (χ0v) is 11.9. The lowest BCUT2D eigenvalue weighted by Crippen LogP contribution is -2.16. The number of nitrogens with one attached hydrogen (secondary N) is 1. The number of aromatic nitrogens is 2. The summed E-state index contributed by atoms with van der Waals surface area (Å²) < 4.78 is 11.1. The van der Waals surface area contributed by atoms with Crippen LogP contribution in [0, 0.1) is 0 Å². The third kappa shape index (κ3) is 3.24. The first-order chi connectivity index (χ1) is 10.4. The molecule has 0 spiro atoms. The molecular weight excluding hydrogens is 266 g/mol. The van der Waals surface area contributed by atoms with Crippen molar-refractivity contribution in [2.45, 2.75) is 50.8 Å². The molecule has 110 valence electrons. The van der Waals surface area contributed by atoms with Crippen LogP contribution >= 0.6 is 0 Å². The zero-order chi connectivity index (χ0) is 14.1. The first-order valence-electron chi connectivity index (χ1n) is 7.65. The molecule has 1 heterocycles. The molecule has 1 aromatic carbocycles. The van der Waals surface area contributed by atoms with E-state index in [-0.39, 0.29) is 0 Å². The summed E-state index contributed by atoms with van der Waals surface area (Å²) in [7, 11) is 0. The van der Waals surface area contributed by atoms with Gasteiger partial charge in [0.1, 0.15) is 5.75 Å². The van der Waals surface area contributed by atoms with Crippen molar-refractivity contribution in [3.63, 3.8) is 0 Å². The number of hydrogen-bond acceptors (Lipinski definition) is 5. The van der Waals surface area contributed by atoms with Crippen LogP contribution in [0.15, 0.2) is 28.8 Å². The second kappa shape index (κ2) is 5.48. The lowest BCUT2D eigenvalue weighted by molar-refractivity contribution is 0.282. The van der Waals surface area contributed by atoms with Crippen LogP contribution < -0.4 is 10.1 Å². The monoisotopic (exact) mass is 285 g/mol. The topological polar surface area (TPSA) is 60.2 Å². The fourth-order valence-electron chi connectivity index (χ4n) is 2.30. The Morgan fingerprint density at radius 3 is 2.86 bits per heavy atom. The number of rotatable bonds is 7. The van der Waals surface area contributed by atoms with Crippen molar-refractivity contribution in [3.05, 3.63) is 41.5 Å². The third-order valence-electron chi connectivity index (χ3n) is 3.90. The summed E-state index contributed by atoms with van der Waals surface area (Å²) >= 11 is 0. The molecule has 5 heteroatoms. The van der Waals surface area contributed by atoms with Gasteiger partial charge in [-0.05, 0) is 31.7 Å². The maximum Gasteiger partial charge on any atom is 0.229 e. The Kier molecular flexibility index (Phi) is 3.35. The molecular formula is C16H19N3O2. The van der Waals surface area contributed by atoms with E-state index in [1.165, 1.54) is 18.4 Å². The average Bonchev–Trinajstić information content (AvgIpc) is 3.44. The number of hydrogen-bond donors (Lipinski definition) is 1. The number of benzene rings is 1. The molecule has 2 aliphatic rings. The Balaban J connectivity index is 1.38.